The molecule has 0 rings (SSSR count). The van der Waals surface area contributed by atoms with Gasteiger partial charge in [-0.15, -0.1) is 9.24 Å². The van der Waals surface area contributed by atoms with Gasteiger partial charge in [-0.2, -0.15) is 0 Å². The van der Waals surface area contributed by atoms with E-state index in [1.807, 2.05) is 0 Å². The lowest BCUT2D eigenvalue weighted by molar-refractivity contribution is 0.530. The predicted octanol–water partition coefficient (Wildman–Crippen LogP) is 8.29. The molecule has 1 heteroatoms. The lowest BCUT2D eigenvalue weighted by Crippen LogP contribution is -1.97. The fourth-order valence-electron chi connectivity index (χ4n) is 3.23. The SMILES string of the molecule is CCCCCCCCCCC(P)CCCCCCCCCC. The zero-order valence-corrected chi connectivity index (χ0v) is 17.0. The molecule has 0 N–H and O–H groups in total. The molecule has 0 aromatic carbocycles. The number of hydrogen-bond donors (Lipinski definition) is 0. The topological polar surface area (TPSA) is 0 Å². The standard InChI is InChI=1S/C21H45P/c1-3-5-7-9-11-13-15-17-19-21(22)20-18-16-14-12-10-8-6-4-2/h21H,3-20,22H2,1-2H3. The quantitative estimate of drug-likeness (QED) is 0.175. The van der Waals surface area contributed by atoms with Gasteiger partial charge in [0, 0.05) is 0 Å². The van der Waals surface area contributed by atoms with Crippen molar-refractivity contribution in [3.05, 3.63) is 0 Å². The summed E-state index contributed by atoms with van der Waals surface area (Å²) < 4.78 is 0. The van der Waals surface area contributed by atoms with Crippen LogP contribution in [-0.4, -0.2) is 5.66 Å². The highest BCUT2D eigenvalue weighted by atomic mass is 31.0. The molecule has 0 saturated heterocycles. The Morgan fingerprint density at radius 3 is 1.05 bits per heavy atom. The van der Waals surface area contributed by atoms with Crippen molar-refractivity contribution in [3.63, 3.8) is 0 Å². The van der Waals surface area contributed by atoms with E-state index >= 15 is 0 Å². The van der Waals surface area contributed by atoms with E-state index in [9.17, 15) is 0 Å². The van der Waals surface area contributed by atoms with Gasteiger partial charge in [0.1, 0.15) is 0 Å². The minimum atomic E-state index is 0.889. The zero-order valence-electron chi connectivity index (χ0n) is 15.9. The van der Waals surface area contributed by atoms with E-state index in [1.165, 1.54) is 116 Å². The van der Waals surface area contributed by atoms with Gasteiger partial charge < -0.3 is 0 Å². The molecule has 0 radical (unpaired) electrons. The Hall–Kier alpha value is 0.430. The van der Waals surface area contributed by atoms with E-state index in [4.69, 9.17) is 0 Å². The summed E-state index contributed by atoms with van der Waals surface area (Å²) in [4.78, 5) is 0. The Morgan fingerprint density at radius 1 is 0.455 bits per heavy atom. The monoisotopic (exact) mass is 328 g/mol. The normalized spacial score (nSPS) is 11.5. The molecule has 0 aromatic rings. The van der Waals surface area contributed by atoms with Crippen LogP contribution in [0.15, 0.2) is 0 Å². The highest BCUT2D eigenvalue weighted by molar-refractivity contribution is 7.17. The number of rotatable bonds is 18. The highest BCUT2D eigenvalue weighted by Crippen LogP contribution is 2.20. The Balaban J connectivity index is 3.11. The van der Waals surface area contributed by atoms with E-state index in [-0.39, 0.29) is 0 Å². The van der Waals surface area contributed by atoms with Crippen molar-refractivity contribution in [3.8, 4) is 0 Å². The zero-order chi connectivity index (χ0) is 16.3. The van der Waals surface area contributed by atoms with Crippen molar-refractivity contribution in [1.82, 2.24) is 0 Å². The second-order valence-electron chi connectivity index (χ2n) is 7.29. The summed E-state index contributed by atoms with van der Waals surface area (Å²) in [5.41, 5.74) is 0.889. The minimum absolute atomic E-state index is 0.889. The lowest BCUT2D eigenvalue weighted by Gasteiger charge is -2.11. The fourth-order valence-corrected chi connectivity index (χ4v) is 3.70. The maximum absolute atomic E-state index is 3.10. The first-order valence-electron chi connectivity index (χ1n) is 10.6. The van der Waals surface area contributed by atoms with E-state index < -0.39 is 0 Å². The van der Waals surface area contributed by atoms with Gasteiger partial charge in [-0.25, -0.2) is 0 Å². The molecule has 0 fully saturated rings. The molecule has 0 bridgehead atoms. The van der Waals surface area contributed by atoms with E-state index in [0.29, 0.717) is 0 Å². The highest BCUT2D eigenvalue weighted by Gasteiger charge is 2.02. The van der Waals surface area contributed by atoms with Crippen molar-refractivity contribution in [2.75, 3.05) is 0 Å². The van der Waals surface area contributed by atoms with Crippen LogP contribution >= 0.6 is 9.24 Å². The van der Waals surface area contributed by atoms with Gasteiger partial charge in [-0.05, 0) is 18.5 Å². The van der Waals surface area contributed by atoms with Crippen LogP contribution in [0.4, 0.5) is 0 Å². The average molecular weight is 329 g/mol. The molecule has 134 valence electrons. The lowest BCUT2D eigenvalue weighted by atomic mass is 10.0. The van der Waals surface area contributed by atoms with Crippen LogP contribution in [0.1, 0.15) is 129 Å². The molecule has 1 unspecified atom stereocenters. The molecule has 0 nitrogen and oxygen atoms in total. The maximum Gasteiger partial charge on any atom is -0.0264 e. The molecule has 1 atom stereocenters. The van der Waals surface area contributed by atoms with Crippen molar-refractivity contribution in [1.29, 1.82) is 0 Å². The summed E-state index contributed by atoms with van der Waals surface area (Å²) in [5, 5.41) is 0. The first kappa shape index (κ1) is 22.4. The second kappa shape index (κ2) is 19.5. The second-order valence-corrected chi connectivity index (χ2v) is 8.23. The molecule has 0 amide bonds. The summed E-state index contributed by atoms with van der Waals surface area (Å²) in [6.45, 7) is 4.59. The molecule has 22 heavy (non-hydrogen) atoms. The van der Waals surface area contributed by atoms with Crippen molar-refractivity contribution in [2.24, 2.45) is 0 Å². The smallest absolute Gasteiger partial charge is 0.0264 e. The van der Waals surface area contributed by atoms with Crippen molar-refractivity contribution in [2.45, 2.75) is 135 Å². The first-order valence-corrected chi connectivity index (χ1v) is 11.2. The van der Waals surface area contributed by atoms with Gasteiger partial charge in [0.2, 0.25) is 0 Å². The Labute approximate surface area is 144 Å². The van der Waals surface area contributed by atoms with Crippen molar-refractivity contribution >= 4 is 9.24 Å². The van der Waals surface area contributed by atoms with E-state index in [0.717, 1.165) is 5.66 Å². The Morgan fingerprint density at radius 2 is 0.727 bits per heavy atom. The summed E-state index contributed by atoms with van der Waals surface area (Å²) in [6.07, 6.45) is 26.1. The Bertz CT molecular complexity index is 170. The molecule has 0 aliphatic heterocycles. The third-order valence-corrected chi connectivity index (χ3v) is 5.52. The molecule has 0 aliphatic rings. The first-order chi connectivity index (χ1) is 10.8. The van der Waals surface area contributed by atoms with Gasteiger partial charge in [-0.1, -0.05) is 117 Å². The predicted molar refractivity (Wildman–Crippen MR) is 108 cm³/mol. The Kier molecular flexibility index (Phi) is 19.9. The van der Waals surface area contributed by atoms with Gasteiger partial charge in [0.05, 0.1) is 0 Å². The minimum Gasteiger partial charge on any atom is -0.134 e. The third kappa shape index (κ3) is 18.5. The van der Waals surface area contributed by atoms with Gasteiger partial charge in [-0.3, -0.25) is 0 Å². The molecule has 0 aromatic heterocycles. The van der Waals surface area contributed by atoms with Crippen LogP contribution in [0.3, 0.4) is 0 Å². The molecular formula is C21H45P. The van der Waals surface area contributed by atoms with Crippen molar-refractivity contribution < 1.29 is 0 Å². The van der Waals surface area contributed by atoms with Gasteiger partial charge in [0.15, 0.2) is 0 Å². The summed E-state index contributed by atoms with van der Waals surface area (Å²) in [6, 6.07) is 0. The van der Waals surface area contributed by atoms with Gasteiger partial charge in [0.25, 0.3) is 0 Å². The summed E-state index contributed by atoms with van der Waals surface area (Å²) in [5.74, 6) is 0. The number of unbranched alkanes of at least 4 members (excludes halogenated alkanes) is 14. The van der Waals surface area contributed by atoms with Crippen LogP contribution in [0.5, 0.6) is 0 Å². The van der Waals surface area contributed by atoms with E-state index in [2.05, 4.69) is 23.1 Å². The van der Waals surface area contributed by atoms with Crippen LogP contribution in [0.25, 0.3) is 0 Å². The van der Waals surface area contributed by atoms with Crippen LogP contribution in [0, 0.1) is 0 Å². The largest absolute Gasteiger partial charge is 0.134 e. The molecule has 0 saturated carbocycles. The van der Waals surface area contributed by atoms with Crippen LogP contribution in [0.2, 0.25) is 0 Å². The van der Waals surface area contributed by atoms with Crippen LogP contribution in [-0.2, 0) is 0 Å². The average Bonchev–Trinajstić information content (AvgIpc) is 2.52. The molecule has 0 aliphatic carbocycles. The van der Waals surface area contributed by atoms with Crippen LogP contribution < -0.4 is 0 Å². The summed E-state index contributed by atoms with van der Waals surface area (Å²) >= 11 is 0. The number of hydrogen-bond acceptors (Lipinski definition) is 0. The molecular weight excluding hydrogens is 283 g/mol. The molecule has 0 spiro atoms. The maximum atomic E-state index is 3.10. The van der Waals surface area contributed by atoms with Gasteiger partial charge >= 0.3 is 0 Å². The fraction of sp³-hybridized carbons (Fsp3) is 1.00. The van der Waals surface area contributed by atoms with E-state index in [1.54, 1.807) is 0 Å². The third-order valence-electron chi connectivity index (χ3n) is 4.86. The summed E-state index contributed by atoms with van der Waals surface area (Å²) in [7, 11) is 3.10. The molecule has 0 heterocycles.